The zero-order valence-electron chi connectivity index (χ0n) is 13.0. The summed E-state index contributed by atoms with van der Waals surface area (Å²) in [4.78, 5) is 16.3. The molecule has 0 saturated carbocycles. The number of nitrogens with zero attached hydrogens (tertiary/aromatic N) is 2. The summed E-state index contributed by atoms with van der Waals surface area (Å²) >= 11 is 0. The number of hydrogen-bond acceptors (Lipinski definition) is 3. The molecule has 22 heavy (non-hydrogen) atoms. The normalized spacial score (nSPS) is 16.5. The van der Waals surface area contributed by atoms with Crippen LogP contribution >= 0.6 is 0 Å². The summed E-state index contributed by atoms with van der Waals surface area (Å²) in [5, 5.41) is 0. The quantitative estimate of drug-likeness (QED) is 0.598. The van der Waals surface area contributed by atoms with Crippen LogP contribution in [0, 0.1) is 5.82 Å². The first-order valence-corrected chi connectivity index (χ1v) is 7.63. The van der Waals surface area contributed by atoms with E-state index in [0.29, 0.717) is 19.7 Å². The molecule has 0 radical (unpaired) electrons. The number of anilines is 1. The van der Waals surface area contributed by atoms with Crippen LogP contribution in [0.25, 0.3) is 0 Å². The van der Waals surface area contributed by atoms with Gasteiger partial charge in [-0.15, -0.1) is 6.58 Å². The van der Waals surface area contributed by atoms with Crippen molar-refractivity contribution >= 4 is 11.6 Å². The summed E-state index contributed by atoms with van der Waals surface area (Å²) in [6, 6.07) is 6.46. The van der Waals surface area contributed by atoms with Crippen LogP contribution in [0.15, 0.2) is 36.9 Å². The third-order valence-corrected chi connectivity index (χ3v) is 3.82. The van der Waals surface area contributed by atoms with Gasteiger partial charge in [0.25, 0.3) is 5.91 Å². The minimum absolute atomic E-state index is 0.0304. The summed E-state index contributed by atoms with van der Waals surface area (Å²) in [5.74, 6) is -0.203. The molecule has 2 rings (SSSR count). The molecule has 1 amide bonds. The van der Waals surface area contributed by atoms with Gasteiger partial charge in [0.15, 0.2) is 0 Å². The van der Waals surface area contributed by atoms with E-state index in [1.165, 1.54) is 12.1 Å². The monoisotopic (exact) mass is 306 g/mol. The highest BCUT2D eigenvalue weighted by molar-refractivity contribution is 5.80. The van der Waals surface area contributed by atoms with Gasteiger partial charge in [0.2, 0.25) is 0 Å². The van der Waals surface area contributed by atoms with Crippen LogP contribution in [-0.2, 0) is 9.53 Å². The van der Waals surface area contributed by atoms with E-state index >= 15 is 0 Å². The van der Waals surface area contributed by atoms with Gasteiger partial charge in [-0.05, 0) is 37.6 Å². The maximum absolute atomic E-state index is 12.9. The fraction of sp³-hybridized carbons (Fsp3) is 0.471. The largest absolute Gasteiger partial charge is 0.368 e. The number of hydrogen-bond donors (Lipinski definition) is 0. The first kappa shape index (κ1) is 16.5. The Kier molecular flexibility index (Phi) is 5.95. The Bertz CT molecular complexity index is 496. The Morgan fingerprint density at radius 2 is 1.95 bits per heavy atom. The molecule has 1 aliphatic rings. The molecule has 120 valence electrons. The van der Waals surface area contributed by atoms with Crippen LogP contribution in [0.3, 0.4) is 0 Å². The fourth-order valence-electron chi connectivity index (χ4n) is 2.49. The molecule has 1 aromatic carbocycles. The molecule has 1 heterocycles. The molecular formula is C17H23FN2O2. The highest BCUT2D eigenvalue weighted by Crippen LogP contribution is 2.17. The van der Waals surface area contributed by atoms with Crippen molar-refractivity contribution in [1.29, 1.82) is 0 Å². The van der Waals surface area contributed by atoms with Gasteiger partial charge < -0.3 is 14.5 Å². The van der Waals surface area contributed by atoms with E-state index in [0.717, 1.165) is 25.2 Å². The lowest BCUT2D eigenvalue weighted by Crippen LogP contribution is -2.51. The van der Waals surface area contributed by atoms with E-state index in [4.69, 9.17) is 4.74 Å². The fourth-order valence-corrected chi connectivity index (χ4v) is 2.49. The predicted molar refractivity (Wildman–Crippen MR) is 85.4 cm³/mol. The van der Waals surface area contributed by atoms with Crippen LogP contribution in [0.4, 0.5) is 10.1 Å². The molecule has 0 spiro atoms. The molecule has 1 saturated heterocycles. The second kappa shape index (κ2) is 7.94. The molecule has 1 aromatic rings. The minimum Gasteiger partial charge on any atom is -0.368 e. The predicted octanol–water partition coefficient (Wildman–Crippen LogP) is 2.46. The summed E-state index contributed by atoms with van der Waals surface area (Å²) < 4.78 is 18.5. The van der Waals surface area contributed by atoms with Crippen molar-refractivity contribution < 1.29 is 13.9 Å². The summed E-state index contributed by atoms with van der Waals surface area (Å²) in [7, 11) is 0. The number of carbonyl (C=O) groups is 1. The van der Waals surface area contributed by atoms with E-state index in [9.17, 15) is 9.18 Å². The molecule has 1 fully saturated rings. The van der Waals surface area contributed by atoms with E-state index in [-0.39, 0.29) is 11.7 Å². The van der Waals surface area contributed by atoms with Crippen molar-refractivity contribution in [2.45, 2.75) is 19.4 Å². The second-order valence-corrected chi connectivity index (χ2v) is 5.38. The maximum atomic E-state index is 12.9. The third-order valence-electron chi connectivity index (χ3n) is 3.82. The number of amides is 1. The summed E-state index contributed by atoms with van der Waals surface area (Å²) in [6.45, 7) is 8.75. The smallest absolute Gasteiger partial charge is 0.251 e. The van der Waals surface area contributed by atoms with Crippen molar-refractivity contribution in [3.05, 3.63) is 42.7 Å². The van der Waals surface area contributed by atoms with Crippen molar-refractivity contribution in [3.63, 3.8) is 0 Å². The van der Waals surface area contributed by atoms with Crippen molar-refractivity contribution in [1.82, 2.24) is 4.90 Å². The van der Waals surface area contributed by atoms with Crippen molar-refractivity contribution in [2.75, 3.05) is 37.7 Å². The molecule has 4 nitrogen and oxygen atoms in total. The lowest BCUT2D eigenvalue weighted by molar-refractivity contribution is -0.142. The number of rotatable bonds is 6. The third kappa shape index (κ3) is 4.31. The zero-order valence-corrected chi connectivity index (χ0v) is 13.0. The summed E-state index contributed by atoms with van der Waals surface area (Å²) in [6.07, 6.45) is 2.10. The number of halogens is 1. The molecule has 0 bridgehead atoms. The van der Waals surface area contributed by atoms with Crippen LogP contribution < -0.4 is 4.90 Å². The lowest BCUT2D eigenvalue weighted by Gasteiger charge is -2.37. The molecular weight excluding hydrogens is 283 g/mol. The zero-order chi connectivity index (χ0) is 15.9. The highest BCUT2D eigenvalue weighted by atomic mass is 19.1. The van der Waals surface area contributed by atoms with E-state index in [2.05, 4.69) is 11.5 Å². The van der Waals surface area contributed by atoms with Crippen LogP contribution in [0.1, 0.15) is 13.3 Å². The van der Waals surface area contributed by atoms with Crippen LogP contribution in [0.2, 0.25) is 0 Å². The molecule has 1 atom stereocenters. The number of ether oxygens (including phenoxy) is 1. The van der Waals surface area contributed by atoms with E-state index in [1.54, 1.807) is 25.1 Å². The van der Waals surface area contributed by atoms with Crippen molar-refractivity contribution in [3.8, 4) is 0 Å². The number of carbonyl (C=O) groups excluding carboxylic acids is 1. The van der Waals surface area contributed by atoms with Crippen molar-refractivity contribution in [2.24, 2.45) is 0 Å². The number of benzene rings is 1. The highest BCUT2D eigenvalue weighted by Gasteiger charge is 2.25. The topological polar surface area (TPSA) is 32.8 Å². The molecule has 0 N–H and O–H groups in total. The van der Waals surface area contributed by atoms with Gasteiger partial charge in [-0.2, -0.15) is 0 Å². The van der Waals surface area contributed by atoms with E-state index in [1.807, 2.05) is 4.90 Å². The van der Waals surface area contributed by atoms with Gasteiger partial charge in [-0.3, -0.25) is 4.79 Å². The molecule has 5 heteroatoms. The SMILES string of the molecule is C=CCCOC(C)C(=O)N1CCN(c2ccc(F)cc2)CC1. The first-order valence-electron chi connectivity index (χ1n) is 7.63. The van der Waals surface area contributed by atoms with Crippen LogP contribution in [-0.4, -0.2) is 49.7 Å². The standard InChI is InChI=1S/C17H23FN2O2/c1-3-4-13-22-14(2)17(21)20-11-9-19(10-12-20)16-7-5-15(18)6-8-16/h3,5-8,14H,1,4,9-13H2,2H3. The summed E-state index contributed by atoms with van der Waals surface area (Å²) in [5.41, 5.74) is 0.990. The minimum atomic E-state index is -0.419. The van der Waals surface area contributed by atoms with Gasteiger partial charge in [0.05, 0.1) is 6.61 Å². The Balaban J connectivity index is 1.82. The molecule has 1 unspecified atom stereocenters. The maximum Gasteiger partial charge on any atom is 0.251 e. The second-order valence-electron chi connectivity index (χ2n) is 5.38. The van der Waals surface area contributed by atoms with E-state index < -0.39 is 6.10 Å². The van der Waals surface area contributed by atoms with Crippen LogP contribution in [0.5, 0.6) is 0 Å². The Morgan fingerprint density at radius 1 is 1.32 bits per heavy atom. The lowest BCUT2D eigenvalue weighted by atomic mass is 10.2. The van der Waals surface area contributed by atoms with Gasteiger partial charge in [-0.1, -0.05) is 6.08 Å². The van der Waals surface area contributed by atoms with Gasteiger partial charge in [0, 0.05) is 31.9 Å². The average Bonchev–Trinajstić information content (AvgIpc) is 2.55. The average molecular weight is 306 g/mol. The Labute approximate surface area is 131 Å². The number of piperazine rings is 1. The molecule has 0 aromatic heterocycles. The Hall–Kier alpha value is -1.88. The van der Waals surface area contributed by atoms with Gasteiger partial charge in [-0.25, -0.2) is 4.39 Å². The van der Waals surface area contributed by atoms with Gasteiger partial charge in [0.1, 0.15) is 11.9 Å². The molecule has 0 aliphatic carbocycles. The first-order chi connectivity index (χ1) is 10.6. The Morgan fingerprint density at radius 3 is 2.55 bits per heavy atom. The van der Waals surface area contributed by atoms with Gasteiger partial charge >= 0.3 is 0 Å². The molecule has 1 aliphatic heterocycles.